The minimum absolute atomic E-state index is 0.0197. The Morgan fingerprint density at radius 3 is 2.64 bits per heavy atom. The van der Waals surface area contributed by atoms with Gasteiger partial charge in [0.15, 0.2) is 0 Å². The van der Waals surface area contributed by atoms with Crippen molar-refractivity contribution in [3.05, 3.63) is 35.4 Å². The molecule has 1 aromatic rings. The third-order valence-electron chi connectivity index (χ3n) is 3.09. The molecule has 1 saturated carbocycles. The van der Waals surface area contributed by atoms with Crippen LogP contribution < -0.4 is 0 Å². The lowest BCUT2D eigenvalue weighted by molar-refractivity contribution is 0.0105. The fourth-order valence-electron chi connectivity index (χ4n) is 1.97. The Morgan fingerprint density at radius 1 is 1.36 bits per heavy atom. The van der Waals surface area contributed by atoms with Gasteiger partial charge in [0.25, 0.3) is 0 Å². The number of aliphatic hydroxyl groups is 1. The lowest BCUT2D eigenvalue weighted by Gasteiger charge is -2.39. The number of rotatable bonds is 1. The fourth-order valence-corrected chi connectivity index (χ4v) is 1.97. The molecule has 0 amide bonds. The summed E-state index contributed by atoms with van der Waals surface area (Å²) in [5.74, 6) is -0.822. The summed E-state index contributed by atoms with van der Waals surface area (Å²) in [6, 6.07) is 3.48. The maximum atomic E-state index is 13.3. The van der Waals surface area contributed by atoms with Gasteiger partial charge < -0.3 is 5.11 Å². The summed E-state index contributed by atoms with van der Waals surface area (Å²) < 4.78 is 26.2. The standard InChI is InChI=1S/C11H12F2O/c1-6-8(5-11(6)14)9-4-7(12)2-3-10(9)13/h2-4,6,8,11,14H,5H2,1H3. The highest BCUT2D eigenvalue weighted by molar-refractivity contribution is 5.26. The van der Waals surface area contributed by atoms with Crippen molar-refractivity contribution in [1.82, 2.24) is 0 Å². The van der Waals surface area contributed by atoms with E-state index in [-0.39, 0.29) is 23.8 Å². The predicted molar refractivity (Wildman–Crippen MR) is 48.9 cm³/mol. The van der Waals surface area contributed by atoms with E-state index < -0.39 is 5.82 Å². The topological polar surface area (TPSA) is 20.2 Å². The van der Waals surface area contributed by atoms with Crippen LogP contribution in [0.3, 0.4) is 0 Å². The van der Waals surface area contributed by atoms with Gasteiger partial charge in [0.1, 0.15) is 11.6 Å². The van der Waals surface area contributed by atoms with Gasteiger partial charge in [-0.05, 0) is 42.0 Å². The second-order valence-electron chi connectivity index (χ2n) is 3.93. The monoisotopic (exact) mass is 198 g/mol. The zero-order chi connectivity index (χ0) is 10.3. The second kappa shape index (κ2) is 3.31. The Hall–Kier alpha value is -0.960. The minimum atomic E-state index is -0.421. The Labute approximate surface area is 81.4 Å². The van der Waals surface area contributed by atoms with Crippen LogP contribution in [-0.4, -0.2) is 11.2 Å². The van der Waals surface area contributed by atoms with Crippen molar-refractivity contribution in [2.45, 2.75) is 25.4 Å². The van der Waals surface area contributed by atoms with Crippen molar-refractivity contribution in [2.24, 2.45) is 5.92 Å². The zero-order valence-corrected chi connectivity index (χ0v) is 7.87. The third-order valence-corrected chi connectivity index (χ3v) is 3.09. The van der Waals surface area contributed by atoms with Crippen LogP contribution in [0.15, 0.2) is 18.2 Å². The van der Waals surface area contributed by atoms with Gasteiger partial charge in [-0.1, -0.05) is 6.92 Å². The molecule has 1 aliphatic carbocycles. The van der Waals surface area contributed by atoms with E-state index in [0.717, 1.165) is 12.1 Å². The highest BCUT2D eigenvalue weighted by Gasteiger charge is 2.38. The molecular weight excluding hydrogens is 186 g/mol. The average molecular weight is 198 g/mol. The molecule has 1 aliphatic rings. The Balaban J connectivity index is 2.28. The number of halogens is 2. The van der Waals surface area contributed by atoms with E-state index in [0.29, 0.717) is 12.0 Å². The molecule has 14 heavy (non-hydrogen) atoms. The Morgan fingerprint density at radius 2 is 2.07 bits per heavy atom. The largest absolute Gasteiger partial charge is 0.393 e. The molecule has 0 spiro atoms. The summed E-state index contributed by atoms with van der Waals surface area (Å²) in [7, 11) is 0. The molecule has 0 aliphatic heterocycles. The van der Waals surface area contributed by atoms with Crippen LogP contribution in [0.2, 0.25) is 0 Å². The number of benzene rings is 1. The first-order chi connectivity index (χ1) is 6.59. The van der Waals surface area contributed by atoms with Crippen LogP contribution in [0.4, 0.5) is 8.78 Å². The molecule has 1 N–H and O–H groups in total. The Kier molecular flexibility index (Phi) is 2.27. The van der Waals surface area contributed by atoms with Gasteiger partial charge in [-0.25, -0.2) is 8.78 Å². The van der Waals surface area contributed by atoms with Crippen LogP contribution in [0, 0.1) is 17.6 Å². The molecular formula is C11H12F2O. The van der Waals surface area contributed by atoms with Crippen molar-refractivity contribution in [2.75, 3.05) is 0 Å². The van der Waals surface area contributed by atoms with Crippen LogP contribution in [0.5, 0.6) is 0 Å². The van der Waals surface area contributed by atoms with Gasteiger partial charge in [0.05, 0.1) is 6.10 Å². The number of aliphatic hydroxyl groups excluding tert-OH is 1. The van der Waals surface area contributed by atoms with E-state index in [1.165, 1.54) is 6.07 Å². The second-order valence-corrected chi connectivity index (χ2v) is 3.93. The molecule has 76 valence electrons. The summed E-state index contributed by atoms with van der Waals surface area (Å²) in [4.78, 5) is 0. The van der Waals surface area contributed by atoms with Crippen molar-refractivity contribution in [3.63, 3.8) is 0 Å². The van der Waals surface area contributed by atoms with E-state index in [4.69, 9.17) is 0 Å². The van der Waals surface area contributed by atoms with Gasteiger partial charge in [0, 0.05) is 0 Å². The molecule has 3 unspecified atom stereocenters. The highest BCUT2D eigenvalue weighted by atomic mass is 19.1. The molecule has 2 rings (SSSR count). The van der Waals surface area contributed by atoms with E-state index in [9.17, 15) is 13.9 Å². The lowest BCUT2D eigenvalue weighted by atomic mass is 9.68. The van der Waals surface area contributed by atoms with Crippen molar-refractivity contribution in [1.29, 1.82) is 0 Å². The summed E-state index contributed by atoms with van der Waals surface area (Å²) in [6.45, 7) is 1.85. The molecule has 0 aromatic heterocycles. The molecule has 0 radical (unpaired) electrons. The molecule has 1 aromatic carbocycles. The molecule has 0 bridgehead atoms. The van der Waals surface area contributed by atoms with E-state index in [1.54, 1.807) is 0 Å². The van der Waals surface area contributed by atoms with Crippen LogP contribution in [0.25, 0.3) is 0 Å². The maximum Gasteiger partial charge on any atom is 0.126 e. The van der Waals surface area contributed by atoms with Crippen LogP contribution in [0.1, 0.15) is 24.8 Å². The first kappa shape index (κ1) is 9.59. The summed E-state index contributed by atoms with van der Waals surface area (Å²) in [5, 5.41) is 9.29. The van der Waals surface area contributed by atoms with Crippen molar-refractivity contribution < 1.29 is 13.9 Å². The maximum absolute atomic E-state index is 13.3. The first-order valence-electron chi connectivity index (χ1n) is 4.72. The summed E-state index contributed by atoms with van der Waals surface area (Å²) in [5.41, 5.74) is 0.391. The van der Waals surface area contributed by atoms with E-state index >= 15 is 0 Å². The first-order valence-corrected chi connectivity index (χ1v) is 4.72. The van der Waals surface area contributed by atoms with Gasteiger partial charge in [-0.3, -0.25) is 0 Å². The molecule has 3 heteroatoms. The molecule has 0 heterocycles. The average Bonchev–Trinajstić information content (AvgIpc) is 2.18. The number of hydrogen-bond acceptors (Lipinski definition) is 1. The van der Waals surface area contributed by atoms with E-state index in [2.05, 4.69) is 0 Å². The minimum Gasteiger partial charge on any atom is -0.393 e. The van der Waals surface area contributed by atoms with Crippen LogP contribution >= 0.6 is 0 Å². The Bertz CT molecular complexity index is 351. The van der Waals surface area contributed by atoms with Crippen LogP contribution in [-0.2, 0) is 0 Å². The number of hydrogen-bond donors (Lipinski definition) is 1. The third kappa shape index (κ3) is 1.42. The van der Waals surface area contributed by atoms with Gasteiger partial charge in [-0.15, -0.1) is 0 Å². The van der Waals surface area contributed by atoms with Gasteiger partial charge in [0.2, 0.25) is 0 Å². The van der Waals surface area contributed by atoms with Gasteiger partial charge >= 0.3 is 0 Å². The SMILES string of the molecule is CC1C(O)CC1c1cc(F)ccc1F. The molecule has 1 nitrogen and oxygen atoms in total. The predicted octanol–water partition coefficient (Wildman–Crippen LogP) is 2.45. The van der Waals surface area contributed by atoms with E-state index in [1.807, 2.05) is 6.92 Å². The highest BCUT2D eigenvalue weighted by Crippen LogP contribution is 2.43. The summed E-state index contributed by atoms with van der Waals surface area (Å²) >= 11 is 0. The zero-order valence-electron chi connectivity index (χ0n) is 7.87. The quantitative estimate of drug-likeness (QED) is 0.734. The molecule has 3 atom stereocenters. The lowest BCUT2D eigenvalue weighted by Crippen LogP contribution is -2.37. The fraction of sp³-hybridized carbons (Fsp3) is 0.455. The smallest absolute Gasteiger partial charge is 0.126 e. The molecule has 0 saturated heterocycles. The summed E-state index contributed by atoms with van der Waals surface area (Å²) in [6.07, 6.45) is 0.157. The molecule has 1 fully saturated rings. The van der Waals surface area contributed by atoms with Gasteiger partial charge in [-0.2, -0.15) is 0 Å². The normalized spacial score (nSPS) is 31.3. The van der Waals surface area contributed by atoms with Crippen molar-refractivity contribution in [3.8, 4) is 0 Å². The van der Waals surface area contributed by atoms with Crippen molar-refractivity contribution >= 4 is 0 Å².